The average Bonchev–Trinajstić information content (AvgIpc) is 3.37. The largest absolute Gasteiger partial charge is 0.324 e. The zero-order valence-corrected chi connectivity index (χ0v) is 17.5. The molecule has 34 heavy (non-hydrogen) atoms. The van der Waals surface area contributed by atoms with Crippen LogP contribution in [-0.2, 0) is 0 Å². The van der Waals surface area contributed by atoms with Gasteiger partial charge in [0, 0.05) is 34.6 Å². The van der Waals surface area contributed by atoms with Gasteiger partial charge in [-0.3, -0.25) is 0 Å². The molecule has 8 bridgehead atoms. The highest BCUT2D eigenvalue weighted by Crippen LogP contribution is 2.33. The summed E-state index contributed by atoms with van der Waals surface area (Å²) in [5, 5.41) is 0. The molecule has 0 radical (unpaired) electrons. The molecule has 0 spiro atoms. The van der Waals surface area contributed by atoms with Crippen molar-refractivity contribution in [1.82, 2.24) is 49.8 Å². The molecule has 0 aliphatic carbocycles. The summed E-state index contributed by atoms with van der Waals surface area (Å²) in [4.78, 5) is 43.0. The summed E-state index contributed by atoms with van der Waals surface area (Å²) in [7, 11) is 0. The SMILES string of the molecule is c1ccc2c(c1)-c1nc-2[nH]c2ccnc(nc3nc([nH]c4ccnc(n1)n4)-c1ccccc1-3)n2. The standard InChI is InChI=1S/C24H14N10/c1-3-7-15-13(5-1)19-27-17-9-11-26-24(29-17)34-22-16-8-4-2-6-14(16)20(32-22)28-18-10-12-25-23(30-18)33-21(15)31-19/h1-12H,(H2,25,26,27,28,29,30,31,32,33,34). The van der Waals surface area contributed by atoms with E-state index in [1.165, 1.54) is 0 Å². The Morgan fingerprint density at radius 1 is 0.441 bits per heavy atom. The highest BCUT2D eigenvalue weighted by atomic mass is 15.1. The molecule has 0 unspecified atom stereocenters. The number of H-pyrrole nitrogens is 2. The van der Waals surface area contributed by atoms with Crippen LogP contribution < -0.4 is 0 Å². The molecule has 2 aliphatic rings. The monoisotopic (exact) mass is 442 g/mol. The Morgan fingerprint density at radius 2 is 0.882 bits per heavy atom. The number of aromatic nitrogens is 10. The minimum absolute atomic E-state index is 0.289. The number of benzene rings is 2. The van der Waals surface area contributed by atoms with Gasteiger partial charge in [-0.25, -0.2) is 19.9 Å². The first-order valence-corrected chi connectivity index (χ1v) is 10.5. The predicted molar refractivity (Wildman–Crippen MR) is 125 cm³/mol. The fourth-order valence-corrected chi connectivity index (χ4v) is 3.96. The van der Waals surface area contributed by atoms with Gasteiger partial charge in [0.05, 0.1) is 0 Å². The maximum absolute atomic E-state index is 4.70. The summed E-state index contributed by atoms with van der Waals surface area (Å²) in [6, 6.07) is 19.2. The van der Waals surface area contributed by atoms with E-state index in [9.17, 15) is 0 Å². The summed E-state index contributed by atoms with van der Waals surface area (Å²) in [6.07, 6.45) is 3.30. The van der Waals surface area contributed by atoms with Crippen molar-refractivity contribution in [2.45, 2.75) is 0 Å². The summed E-state index contributed by atoms with van der Waals surface area (Å²) in [5.41, 5.74) is 4.69. The van der Waals surface area contributed by atoms with Crippen molar-refractivity contribution in [3.8, 4) is 45.6 Å². The van der Waals surface area contributed by atoms with Crippen molar-refractivity contribution >= 4 is 22.8 Å². The Labute approximate surface area is 191 Å². The first-order valence-electron chi connectivity index (χ1n) is 10.5. The number of fused-ring (bicyclic) bond motifs is 14. The van der Waals surface area contributed by atoms with Gasteiger partial charge in [-0.2, -0.15) is 19.9 Å². The van der Waals surface area contributed by atoms with Crippen LogP contribution in [0.1, 0.15) is 0 Å². The van der Waals surface area contributed by atoms with E-state index in [0.717, 1.165) is 22.3 Å². The smallest absolute Gasteiger partial charge is 0.253 e. The molecule has 0 saturated carbocycles. The summed E-state index contributed by atoms with van der Waals surface area (Å²) < 4.78 is 0. The van der Waals surface area contributed by atoms with Crippen LogP contribution in [-0.4, -0.2) is 49.8 Å². The van der Waals surface area contributed by atoms with E-state index < -0.39 is 0 Å². The minimum Gasteiger partial charge on any atom is -0.324 e. The molecule has 10 heteroatoms. The first kappa shape index (κ1) is 18.5. The Bertz CT molecular complexity index is 1530. The van der Waals surface area contributed by atoms with E-state index >= 15 is 0 Å². The molecule has 7 rings (SSSR count). The number of nitrogens with zero attached hydrogens (tertiary/aromatic N) is 8. The highest BCUT2D eigenvalue weighted by molar-refractivity contribution is 5.83. The third-order valence-electron chi connectivity index (χ3n) is 5.47. The van der Waals surface area contributed by atoms with Crippen molar-refractivity contribution in [3.63, 3.8) is 0 Å². The van der Waals surface area contributed by atoms with Gasteiger partial charge >= 0.3 is 0 Å². The van der Waals surface area contributed by atoms with Gasteiger partial charge in [0.15, 0.2) is 11.6 Å². The second-order valence-corrected chi connectivity index (χ2v) is 7.62. The Morgan fingerprint density at radius 3 is 1.35 bits per heavy atom. The van der Waals surface area contributed by atoms with Gasteiger partial charge in [-0.15, -0.1) is 0 Å². The maximum atomic E-state index is 4.70. The zero-order valence-electron chi connectivity index (χ0n) is 17.5. The number of rotatable bonds is 0. The number of nitrogens with one attached hydrogen (secondary N) is 2. The fraction of sp³-hybridized carbons (Fsp3) is 0. The molecule has 0 fully saturated rings. The average molecular weight is 442 g/mol. The van der Waals surface area contributed by atoms with Gasteiger partial charge in [0.1, 0.15) is 22.9 Å². The van der Waals surface area contributed by atoms with Crippen molar-refractivity contribution in [3.05, 3.63) is 73.1 Å². The maximum Gasteiger partial charge on any atom is 0.253 e. The van der Waals surface area contributed by atoms with E-state index in [-0.39, 0.29) is 11.6 Å². The summed E-state index contributed by atoms with van der Waals surface area (Å²) in [5.74, 6) is 2.86. The summed E-state index contributed by atoms with van der Waals surface area (Å²) >= 11 is 0. The quantitative estimate of drug-likeness (QED) is 0.361. The second-order valence-electron chi connectivity index (χ2n) is 7.62. The van der Waals surface area contributed by atoms with E-state index in [4.69, 9.17) is 9.97 Å². The van der Waals surface area contributed by atoms with Crippen LogP contribution in [0.5, 0.6) is 0 Å². The first-order chi connectivity index (χ1) is 16.8. The van der Waals surface area contributed by atoms with Crippen LogP contribution in [0.3, 0.4) is 0 Å². The van der Waals surface area contributed by atoms with Crippen LogP contribution in [0.15, 0.2) is 73.1 Å². The Kier molecular flexibility index (Phi) is 3.91. The third kappa shape index (κ3) is 3.05. The lowest BCUT2D eigenvalue weighted by atomic mass is 10.1. The predicted octanol–water partition coefficient (Wildman–Crippen LogP) is 3.92. The van der Waals surface area contributed by atoms with Crippen LogP contribution in [0.25, 0.3) is 68.4 Å². The van der Waals surface area contributed by atoms with Crippen LogP contribution in [0.4, 0.5) is 0 Å². The van der Waals surface area contributed by atoms with Crippen LogP contribution in [0.2, 0.25) is 0 Å². The molecule has 3 aromatic heterocycles. The van der Waals surface area contributed by atoms with E-state index in [1.54, 1.807) is 24.5 Å². The van der Waals surface area contributed by atoms with E-state index in [1.807, 2.05) is 48.5 Å². The molecule has 0 saturated heterocycles. The molecule has 2 aliphatic heterocycles. The molecule has 0 atom stereocenters. The van der Waals surface area contributed by atoms with Crippen molar-refractivity contribution < 1.29 is 0 Å². The van der Waals surface area contributed by atoms with E-state index in [0.29, 0.717) is 34.6 Å². The van der Waals surface area contributed by atoms with Crippen molar-refractivity contribution in [2.24, 2.45) is 0 Å². The van der Waals surface area contributed by atoms with Crippen LogP contribution >= 0.6 is 0 Å². The molecule has 10 nitrogen and oxygen atoms in total. The second kappa shape index (κ2) is 7.20. The number of hydrogen-bond acceptors (Lipinski definition) is 8. The minimum atomic E-state index is 0.289. The number of hydrogen-bond donors (Lipinski definition) is 2. The van der Waals surface area contributed by atoms with Gasteiger partial charge < -0.3 is 9.97 Å². The van der Waals surface area contributed by atoms with Gasteiger partial charge in [0.2, 0.25) is 0 Å². The molecular weight excluding hydrogens is 428 g/mol. The molecule has 160 valence electrons. The lowest BCUT2D eigenvalue weighted by molar-refractivity contribution is 1.12. The van der Waals surface area contributed by atoms with E-state index in [2.05, 4.69) is 39.9 Å². The van der Waals surface area contributed by atoms with Crippen molar-refractivity contribution in [2.75, 3.05) is 0 Å². The summed E-state index contributed by atoms with van der Waals surface area (Å²) in [6.45, 7) is 0. The molecule has 5 aromatic rings. The van der Waals surface area contributed by atoms with Gasteiger partial charge in [-0.05, 0) is 12.1 Å². The van der Waals surface area contributed by atoms with Crippen LogP contribution in [0, 0.1) is 0 Å². The fourth-order valence-electron chi connectivity index (χ4n) is 3.96. The molecule has 2 N–H and O–H groups in total. The Hall–Kier alpha value is -5.12. The molecule has 0 amide bonds. The normalized spacial score (nSPS) is 11.5. The molecular formula is C24H14N10. The topological polar surface area (TPSA) is 135 Å². The lowest BCUT2D eigenvalue weighted by Crippen LogP contribution is -1.90. The zero-order chi connectivity index (χ0) is 22.5. The van der Waals surface area contributed by atoms with Gasteiger partial charge in [0.25, 0.3) is 11.6 Å². The molecule has 2 aromatic carbocycles. The highest BCUT2D eigenvalue weighted by Gasteiger charge is 2.19. The van der Waals surface area contributed by atoms with Crippen molar-refractivity contribution in [1.29, 1.82) is 0 Å². The third-order valence-corrected chi connectivity index (χ3v) is 5.47. The van der Waals surface area contributed by atoms with Gasteiger partial charge in [-0.1, -0.05) is 48.5 Å². The molecule has 5 heterocycles. The number of aromatic amines is 2. The Balaban J connectivity index is 1.63. The lowest BCUT2D eigenvalue weighted by Gasteiger charge is -1.98.